The van der Waals surface area contributed by atoms with Crippen molar-refractivity contribution in [2.75, 3.05) is 5.01 Å². The molecule has 0 bridgehead atoms. The number of rotatable bonds is 2. The highest BCUT2D eigenvalue weighted by atomic mass is 16.2. The Bertz CT molecular complexity index is 465. The van der Waals surface area contributed by atoms with E-state index in [-0.39, 0.29) is 12.0 Å². The molecule has 0 aromatic heterocycles. The molecule has 2 rings (SSSR count). The minimum Gasteiger partial charge on any atom is -0.296 e. The molecule has 1 heterocycles. The fraction of sp³-hybridized carbons (Fsp3) is 0. The Hall–Kier alpha value is -2.30. The van der Waals surface area contributed by atoms with Crippen LogP contribution in [0.25, 0.3) is 0 Å². The van der Waals surface area contributed by atoms with E-state index < -0.39 is 11.7 Å². The maximum Gasteiger partial charge on any atom is 0.321 e. The van der Waals surface area contributed by atoms with Gasteiger partial charge in [0.2, 0.25) is 0 Å². The van der Waals surface area contributed by atoms with Crippen LogP contribution in [0, 0.1) is 0 Å². The second-order valence-electron chi connectivity index (χ2n) is 2.88. The molecule has 0 aliphatic carbocycles. The molecule has 0 atom stereocenters. The molecule has 74 valence electrons. The van der Waals surface area contributed by atoms with Crippen molar-refractivity contribution in [1.29, 1.82) is 0 Å². The van der Waals surface area contributed by atoms with Crippen molar-refractivity contribution in [2.45, 2.75) is 0 Å². The van der Waals surface area contributed by atoms with Gasteiger partial charge in [-0.25, -0.2) is 0 Å². The summed E-state index contributed by atoms with van der Waals surface area (Å²) in [6, 6.07) is 8.45. The lowest BCUT2D eigenvalue weighted by atomic mass is 10.2. The van der Waals surface area contributed by atoms with Crippen LogP contribution in [-0.2, 0) is 14.4 Å². The van der Waals surface area contributed by atoms with Crippen LogP contribution < -0.4 is 5.01 Å². The molecule has 0 saturated carbocycles. The molecule has 1 aliphatic heterocycles. The molecule has 0 fully saturated rings. The summed E-state index contributed by atoms with van der Waals surface area (Å²) in [5, 5.41) is 4.54. The van der Waals surface area contributed by atoms with E-state index in [4.69, 9.17) is 0 Å². The summed E-state index contributed by atoms with van der Waals surface area (Å²) in [5.74, 6) is -1.67. The van der Waals surface area contributed by atoms with Gasteiger partial charge in [0.15, 0.2) is 12.0 Å². The third kappa shape index (κ3) is 1.43. The van der Waals surface area contributed by atoms with Gasteiger partial charge in [-0.15, -0.1) is 0 Å². The van der Waals surface area contributed by atoms with E-state index in [1.54, 1.807) is 30.3 Å². The molecule has 0 spiro atoms. The first-order valence-corrected chi connectivity index (χ1v) is 4.21. The Balaban J connectivity index is 2.41. The van der Waals surface area contributed by atoms with Gasteiger partial charge in [0, 0.05) is 0 Å². The first kappa shape index (κ1) is 9.26. The minimum absolute atomic E-state index is 0.281. The van der Waals surface area contributed by atoms with E-state index in [1.165, 1.54) is 0 Å². The Morgan fingerprint density at radius 2 is 1.80 bits per heavy atom. The molecule has 5 nitrogen and oxygen atoms in total. The van der Waals surface area contributed by atoms with Crippen LogP contribution in [0.3, 0.4) is 0 Å². The van der Waals surface area contributed by atoms with Crippen LogP contribution in [-0.4, -0.2) is 23.7 Å². The van der Waals surface area contributed by atoms with Gasteiger partial charge in [-0.05, 0) is 12.1 Å². The van der Waals surface area contributed by atoms with Gasteiger partial charge in [0.25, 0.3) is 5.78 Å². The van der Waals surface area contributed by atoms with Gasteiger partial charge < -0.3 is 0 Å². The molecule has 15 heavy (non-hydrogen) atoms. The molecular weight excluding hydrogens is 196 g/mol. The van der Waals surface area contributed by atoms with Gasteiger partial charge >= 0.3 is 5.91 Å². The van der Waals surface area contributed by atoms with Crippen molar-refractivity contribution >= 4 is 29.4 Å². The van der Waals surface area contributed by atoms with Crippen LogP contribution in [0.5, 0.6) is 0 Å². The van der Waals surface area contributed by atoms with Gasteiger partial charge in [0.05, 0.1) is 5.69 Å². The predicted molar refractivity (Wildman–Crippen MR) is 52.4 cm³/mol. The Labute approximate surface area is 85.0 Å². The summed E-state index contributed by atoms with van der Waals surface area (Å²) in [6.45, 7) is 0. The summed E-state index contributed by atoms with van der Waals surface area (Å²) >= 11 is 0. The highest BCUT2D eigenvalue weighted by Gasteiger charge is 2.34. The van der Waals surface area contributed by atoms with Crippen molar-refractivity contribution in [3.63, 3.8) is 0 Å². The van der Waals surface area contributed by atoms with E-state index in [0.717, 1.165) is 5.01 Å². The van der Waals surface area contributed by atoms with Crippen LogP contribution in [0.2, 0.25) is 0 Å². The third-order valence-corrected chi connectivity index (χ3v) is 1.94. The molecule has 0 radical (unpaired) electrons. The second-order valence-corrected chi connectivity index (χ2v) is 2.88. The molecule has 1 aliphatic rings. The number of carbonyl (C=O) groups excluding carboxylic acids is 3. The largest absolute Gasteiger partial charge is 0.321 e. The first-order valence-electron chi connectivity index (χ1n) is 4.21. The number of para-hydroxylation sites is 1. The number of hydrogen-bond donors (Lipinski definition) is 0. The van der Waals surface area contributed by atoms with Gasteiger partial charge in [-0.2, -0.15) is 10.1 Å². The highest BCUT2D eigenvalue weighted by Crippen LogP contribution is 2.17. The maximum absolute atomic E-state index is 11.4. The first-order chi connectivity index (χ1) is 7.24. The van der Waals surface area contributed by atoms with Gasteiger partial charge in [-0.1, -0.05) is 18.2 Å². The summed E-state index contributed by atoms with van der Waals surface area (Å²) in [5.41, 5.74) is 0.108. The van der Waals surface area contributed by atoms with Crippen LogP contribution in [0.4, 0.5) is 5.69 Å². The highest BCUT2D eigenvalue weighted by molar-refractivity contribution is 6.79. The van der Waals surface area contributed by atoms with Crippen molar-refractivity contribution in [3.05, 3.63) is 30.3 Å². The van der Waals surface area contributed by atoms with Crippen molar-refractivity contribution in [1.82, 2.24) is 0 Å². The predicted octanol–water partition coefficient (Wildman–Crippen LogP) is 0.157. The smallest absolute Gasteiger partial charge is 0.296 e. The van der Waals surface area contributed by atoms with Gasteiger partial charge in [-0.3, -0.25) is 14.4 Å². The number of aldehydes is 1. The SMILES string of the molecule is O=CC1=NN(c2ccccc2)C(=O)C1=O. The van der Waals surface area contributed by atoms with Gasteiger partial charge in [0.1, 0.15) is 0 Å². The lowest BCUT2D eigenvalue weighted by Gasteiger charge is -2.09. The molecule has 1 aromatic carbocycles. The summed E-state index contributed by atoms with van der Waals surface area (Å²) in [6.07, 6.45) is 0.281. The molecule has 0 unspecified atom stereocenters. The molecule has 5 heteroatoms. The quantitative estimate of drug-likeness (QED) is 0.506. The lowest BCUT2D eigenvalue weighted by Crippen LogP contribution is -2.27. The fourth-order valence-electron chi connectivity index (χ4n) is 1.23. The number of nitrogens with zero attached hydrogens (tertiary/aromatic N) is 2. The van der Waals surface area contributed by atoms with E-state index in [2.05, 4.69) is 5.10 Å². The topological polar surface area (TPSA) is 66.8 Å². The fourth-order valence-corrected chi connectivity index (χ4v) is 1.23. The van der Waals surface area contributed by atoms with E-state index >= 15 is 0 Å². The van der Waals surface area contributed by atoms with Crippen LogP contribution in [0.1, 0.15) is 0 Å². The van der Waals surface area contributed by atoms with E-state index in [0.29, 0.717) is 5.69 Å². The molecule has 0 N–H and O–H groups in total. The van der Waals surface area contributed by atoms with Crippen LogP contribution >= 0.6 is 0 Å². The standard InChI is InChI=1S/C10H6N2O3/c13-6-8-9(14)10(15)12(11-8)7-4-2-1-3-5-7/h1-6H. The van der Waals surface area contributed by atoms with Crippen LogP contribution in [0.15, 0.2) is 35.4 Å². The Morgan fingerprint density at radius 3 is 2.33 bits per heavy atom. The number of benzene rings is 1. The van der Waals surface area contributed by atoms with Crippen molar-refractivity contribution < 1.29 is 14.4 Å². The zero-order chi connectivity index (χ0) is 10.8. The van der Waals surface area contributed by atoms with Crippen molar-refractivity contribution in [2.24, 2.45) is 5.10 Å². The minimum atomic E-state index is -0.867. The summed E-state index contributed by atoms with van der Waals surface area (Å²) in [4.78, 5) is 33.0. The number of anilines is 1. The van der Waals surface area contributed by atoms with E-state index in [1.807, 2.05) is 0 Å². The molecule has 1 aromatic rings. The normalized spacial score (nSPS) is 15.5. The maximum atomic E-state index is 11.4. The number of hydrogen-bond acceptors (Lipinski definition) is 4. The number of amides is 1. The zero-order valence-corrected chi connectivity index (χ0v) is 7.58. The second kappa shape index (κ2) is 3.45. The van der Waals surface area contributed by atoms with Crippen molar-refractivity contribution in [3.8, 4) is 0 Å². The lowest BCUT2D eigenvalue weighted by molar-refractivity contribution is -0.131. The number of ketones is 1. The monoisotopic (exact) mass is 202 g/mol. The number of carbonyl (C=O) groups is 3. The van der Waals surface area contributed by atoms with E-state index in [9.17, 15) is 14.4 Å². The summed E-state index contributed by atoms with van der Waals surface area (Å²) in [7, 11) is 0. The third-order valence-electron chi connectivity index (χ3n) is 1.94. The molecular formula is C10H6N2O3. The Morgan fingerprint density at radius 1 is 1.13 bits per heavy atom. The number of hydrazone groups is 1. The zero-order valence-electron chi connectivity index (χ0n) is 7.58. The molecule has 0 saturated heterocycles. The number of Topliss-reactive ketones (excluding diaryl/α,β-unsaturated/α-hetero) is 1. The average molecular weight is 202 g/mol. The average Bonchev–Trinajstić information content (AvgIpc) is 2.57. The molecule has 1 amide bonds. The Kier molecular flexibility index (Phi) is 2.13. The summed E-state index contributed by atoms with van der Waals surface area (Å²) < 4.78 is 0.